The summed E-state index contributed by atoms with van der Waals surface area (Å²) in [5.41, 5.74) is 1.37. The Morgan fingerprint density at radius 3 is 2.76 bits per heavy atom. The smallest absolute Gasteiger partial charge is 0.410 e. The molecule has 5 aromatic rings. The maximum absolute atomic E-state index is 13.4. The zero-order valence-electron chi connectivity index (χ0n) is 26.1. The van der Waals surface area contributed by atoms with Gasteiger partial charge >= 0.3 is 6.09 Å². The maximum atomic E-state index is 13.4. The molecule has 4 aromatic heterocycles. The van der Waals surface area contributed by atoms with Crippen LogP contribution >= 0.6 is 0 Å². The lowest BCUT2D eigenvalue weighted by atomic mass is 10.0. The number of hydrogen-bond donors (Lipinski definition) is 1. The van der Waals surface area contributed by atoms with Crippen molar-refractivity contribution in [2.45, 2.75) is 64.8 Å². The molecule has 1 aromatic carbocycles. The number of carbonyl (C=O) groups excluding carboxylic acids is 1. The van der Waals surface area contributed by atoms with Crippen molar-refractivity contribution >= 4 is 39.7 Å². The molecule has 13 nitrogen and oxygen atoms in total. The fourth-order valence-corrected chi connectivity index (χ4v) is 5.57. The lowest BCUT2D eigenvalue weighted by molar-refractivity contribution is -0.00150. The second-order valence-corrected chi connectivity index (χ2v) is 12.2. The van der Waals surface area contributed by atoms with E-state index >= 15 is 0 Å². The molecule has 1 amide bonds. The Bertz CT molecular complexity index is 1950. The predicted molar refractivity (Wildman–Crippen MR) is 171 cm³/mol. The van der Waals surface area contributed by atoms with E-state index in [9.17, 15) is 9.59 Å². The number of rotatable bonds is 7. The van der Waals surface area contributed by atoms with E-state index in [1.54, 1.807) is 38.7 Å². The molecule has 0 aliphatic carbocycles. The summed E-state index contributed by atoms with van der Waals surface area (Å²) in [7, 11) is 1.89. The first-order valence-electron chi connectivity index (χ1n) is 14.9. The van der Waals surface area contributed by atoms with Crippen molar-refractivity contribution in [2.24, 2.45) is 7.05 Å². The summed E-state index contributed by atoms with van der Waals surface area (Å²) in [4.78, 5) is 41.8. The zero-order valence-corrected chi connectivity index (χ0v) is 26.1. The van der Waals surface area contributed by atoms with E-state index in [4.69, 9.17) is 19.4 Å². The van der Waals surface area contributed by atoms with Crippen LogP contribution in [-0.2, 0) is 18.3 Å². The van der Waals surface area contributed by atoms with Gasteiger partial charge in [0.1, 0.15) is 17.1 Å². The minimum atomic E-state index is -0.556. The number of hydrogen-bond acceptors (Lipinski definition) is 9. The predicted octanol–water partition coefficient (Wildman–Crippen LogP) is 4.96. The van der Waals surface area contributed by atoms with Gasteiger partial charge in [0.15, 0.2) is 11.5 Å². The Morgan fingerprint density at radius 1 is 1.18 bits per heavy atom. The minimum Gasteiger partial charge on any atom is -0.474 e. The summed E-state index contributed by atoms with van der Waals surface area (Å²) in [6, 6.07) is 11.2. The quantitative estimate of drug-likeness (QED) is 0.253. The molecule has 45 heavy (non-hydrogen) atoms. The van der Waals surface area contributed by atoms with Crippen LogP contribution in [0.3, 0.4) is 0 Å². The van der Waals surface area contributed by atoms with Crippen LogP contribution in [0.1, 0.15) is 40.5 Å². The first kappa shape index (κ1) is 29.9. The number of pyridine rings is 1. The lowest BCUT2D eigenvalue weighted by Gasteiger charge is -2.38. The van der Waals surface area contributed by atoms with Gasteiger partial charge in [-0.2, -0.15) is 15.1 Å². The van der Waals surface area contributed by atoms with Crippen LogP contribution in [0, 0.1) is 0 Å². The molecule has 2 atom stereocenters. The average Bonchev–Trinajstić information content (AvgIpc) is 3.48. The number of nitrogens with zero attached hydrogens (tertiary/aromatic N) is 8. The van der Waals surface area contributed by atoms with Gasteiger partial charge in [0.05, 0.1) is 18.3 Å². The third-order valence-corrected chi connectivity index (χ3v) is 7.65. The highest BCUT2D eigenvalue weighted by Gasteiger charge is 2.33. The fraction of sp³-hybridized carbons (Fsp3) is 0.375. The van der Waals surface area contributed by atoms with Gasteiger partial charge in [0, 0.05) is 55.8 Å². The molecule has 0 radical (unpaired) electrons. The first-order chi connectivity index (χ1) is 21.5. The second-order valence-electron chi connectivity index (χ2n) is 12.2. The Labute approximate surface area is 260 Å². The van der Waals surface area contributed by atoms with Crippen LogP contribution in [0.25, 0.3) is 27.8 Å². The summed E-state index contributed by atoms with van der Waals surface area (Å²) in [6.45, 7) is 12.2. The van der Waals surface area contributed by atoms with Crippen LogP contribution in [0.2, 0.25) is 0 Å². The number of benzene rings is 1. The maximum Gasteiger partial charge on any atom is 0.410 e. The van der Waals surface area contributed by atoms with Gasteiger partial charge in [-0.3, -0.25) is 9.48 Å². The third-order valence-electron chi connectivity index (χ3n) is 7.65. The number of aromatic nitrogens is 7. The monoisotopic (exact) mass is 611 g/mol. The Hall–Kier alpha value is -5.20. The van der Waals surface area contributed by atoms with Crippen molar-refractivity contribution in [3.63, 3.8) is 0 Å². The van der Waals surface area contributed by atoms with Crippen molar-refractivity contribution in [2.75, 3.05) is 11.9 Å². The number of carbonyl (C=O) groups is 1. The Morgan fingerprint density at radius 2 is 2.00 bits per heavy atom. The molecular formula is C32H37N9O4. The summed E-state index contributed by atoms with van der Waals surface area (Å²) >= 11 is 0. The number of ether oxygens (including phenoxy) is 2. The molecule has 0 saturated carbocycles. The number of anilines is 2. The van der Waals surface area contributed by atoms with Gasteiger partial charge < -0.3 is 19.7 Å². The molecule has 1 aliphatic heterocycles. The third kappa shape index (κ3) is 6.10. The topological polar surface area (TPSA) is 134 Å². The first-order valence-corrected chi connectivity index (χ1v) is 14.9. The van der Waals surface area contributed by atoms with Gasteiger partial charge in [-0.05, 0) is 52.0 Å². The van der Waals surface area contributed by atoms with Crippen LogP contribution in [-0.4, -0.2) is 69.4 Å². The molecule has 0 spiro atoms. The highest BCUT2D eigenvalue weighted by atomic mass is 16.6. The number of allylic oxidation sites excluding steroid dienone is 1. The van der Waals surface area contributed by atoms with Crippen molar-refractivity contribution in [1.82, 2.24) is 39.0 Å². The van der Waals surface area contributed by atoms with Gasteiger partial charge in [-0.25, -0.2) is 19.1 Å². The summed E-state index contributed by atoms with van der Waals surface area (Å²) in [5.74, 6) is 1.20. The number of amides is 1. The average molecular weight is 612 g/mol. The molecule has 0 unspecified atom stereocenters. The number of fused-ring (bicyclic) bond motifs is 2. The van der Waals surface area contributed by atoms with Crippen LogP contribution < -0.4 is 15.6 Å². The van der Waals surface area contributed by atoms with Crippen molar-refractivity contribution in [3.8, 4) is 11.7 Å². The van der Waals surface area contributed by atoms with Crippen molar-refractivity contribution in [1.29, 1.82) is 0 Å². The summed E-state index contributed by atoms with van der Waals surface area (Å²) < 4.78 is 16.9. The molecular weight excluding hydrogens is 574 g/mol. The molecule has 13 heteroatoms. The van der Waals surface area contributed by atoms with Crippen LogP contribution in [0.15, 0.2) is 66.2 Å². The zero-order chi connectivity index (χ0) is 31.9. The number of piperidine rings is 1. The minimum absolute atomic E-state index is 0.0607. The van der Waals surface area contributed by atoms with Crippen LogP contribution in [0.4, 0.5) is 16.4 Å². The van der Waals surface area contributed by atoms with E-state index in [1.807, 2.05) is 59.0 Å². The molecule has 1 N–H and O–H groups in total. The van der Waals surface area contributed by atoms with Gasteiger partial charge in [-0.15, -0.1) is 6.58 Å². The van der Waals surface area contributed by atoms with E-state index in [0.717, 1.165) is 16.6 Å². The summed E-state index contributed by atoms with van der Waals surface area (Å²) in [5, 5.41) is 8.87. The van der Waals surface area contributed by atoms with Crippen molar-refractivity contribution in [3.05, 3.63) is 71.8 Å². The Kier molecular flexibility index (Phi) is 7.77. The summed E-state index contributed by atoms with van der Waals surface area (Å²) in [6.07, 6.45) is 5.76. The molecule has 1 saturated heterocycles. The fourth-order valence-electron chi connectivity index (χ4n) is 5.57. The largest absolute Gasteiger partial charge is 0.474 e. The normalized spacial score (nSPS) is 17.0. The van der Waals surface area contributed by atoms with E-state index in [1.165, 1.54) is 10.9 Å². The van der Waals surface area contributed by atoms with Gasteiger partial charge in [0.2, 0.25) is 11.8 Å². The standard InChI is InChI=1S/C32H37N9O4/c1-7-14-40-29(42)24-19-33-30(35-22-11-12-25-21(17-22)18-34-38(25)6)37-28(24)41(40)26-9-8-10-27(36-26)44-23-13-15-39(20(2)16-23)31(43)45-32(3,4)5/h7-12,17-20,23H,1,13-16H2,2-6H3,(H,33,35,37)/t20-,23-/m1/s1. The molecule has 1 fully saturated rings. The second kappa shape index (κ2) is 11.7. The lowest BCUT2D eigenvalue weighted by Crippen LogP contribution is -2.49. The van der Waals surface area contributed by atoms with E-state index in [-0.39, 0.29) is 30.3 Å². The molecule has 6 rings (SSSR count). The van der Waals surface area contributed by atoms with E-state index in [2.05, 4.69) is 22.0 Å². The number of aryl methyl sites for hydroxylation is 1. The van der Waals surface area contributed by atoms with E-state index in [0.29, 0.717) is 48.1 Å². The highest BCUT2D eigenvalue weighted by molar-refractivity contribution is 5.83. The number of likely N-dealkylation sites (tertiary alicyclic amines) is 1. The van der Waals surface area contributed by atoms with Gasteiger partial charge in [-0.1, -0.05) is 12.1 Å². The molecule has 5 heterocycles. The SMILES string of the molecule is C=CCn1c(=O)c2cnc(Nc3ccc4c(cnn4C)c3)nc2n1-c1cccc(O[C@@H]2CCN(C(=O)OC(C)(C)C)[C@H](C)C2)n1. The molecule has 0 bridgehead atoms. The Balaban J connectivity index is 1.27. The molecule has 1 aliphatic rings. The molecule has 234 valence electrons. The number of nitrogens with one attached hydrogen (secondary N) is 1. The van der Waals surface area contributed by atoms with Crippen LogP contribution in [0.5, 0.6) is 5.88 Å². The van der Waals surface area contributed by atoms with Crippen molar-refractivity contribution < 1.29 is 14.3 Å². The highest BCUT2D eigenvalue weighted by Crippen LogP contribution is 2.26. The van der Waals surface area contributed by atoms with Gasteiger partial charge in [0.25, 0.3) is 5.56 Å². The van der Waals surface area contributed by atoms with E-state index < -0.39 is 5.60 Å².